The molecule has 0 aromatic carbocycles. The first-order chi connectivity index (χ1) is 14.5. The summed E-state index contributed by atoms with van der Waals surface area (Å²) in [4.78, 5) is 36.9. The highest BCUT2D eigenvalue weighted by atomic mass is 79.9. The maximum absolute atomic E-state index is 14.0. The molecule has 174 valence electrons. The number of carbonyl (C=O) groups is 3. The zero-order valence-electron chi connectivity index (χ0n) is 19.5. The Morgan fingerprint density at radius 3 is 2.42 bits per heavy atom. The summed E-state index contributed by atoms with van der Waals surface area (Å²) < 4.78 is 11.2. The lowest BCUT2D eigenvalue weighted by Crippen LogP contribution is -2.62. The molecular weight excluding hydrogens is 460 g/mol. The summed E-state index contributed by atoms with van der Waals surface area (Å²) >= 11 is 3.88. The van der Waals surface area contributed by atoms with E-state index in [2.05, 4.69) is 29.8 Å². The molecule has 10 atom stereocenters. The Kier molecular flexibility index (Phi) is 6.11. The van der Waals surface area contributed by atoms with E-state index in [1.807, 2.05) is 6.92 Å². The summed E-state index contributed by atoms with van der Waals surface area (Å²) in [5.41, 5.74) is -0.213. The van der Waals surface area contributed by atoms with E-state index < -0.39 is 0 Å². The number of rotatable bonds is 3. The van der Waals surface area contributed by atoms with Crippen molar-refractivity contribution in [3.8, 4) is 0 Å². The number of Topliss-reactive ketones (excluding diaryl/α,β-unsaturated/α-hetero) is 1. The maximum atomic E-state index is 14.0. The third kappa shape index (κ3) is 3.59. The van der Waals surface area contributed by atoms with Crippen molar-refractivity contribution < 1.29 is 23.9 Å². The molecule has 31 heavy (non-hydrogen) atoms. The summed E-state index contributed by atoms with van der Waals surface area (Å²) in [7, 11) is 0. The van der Waals surface area contributed by atoms with Crippen LogP contribution in [-0.4, -0.2) is 34.8 Å². The molecule has 4 fully saturated rings. The monoisotopic (exact) mass is 496 g/mol. The summed E-state index contributed by atoms with van der Waals surface area (Å²) in [5, 5.41) is 0. The summed E-state index contributed by atoms with van der Waals surface area (Å²) in [6, 6.07) is 0. The lowest BCUT2D eigenvalue weighted by Gasteiger charge is -2.61. The Bertz CT molecular complexity index is 767. The number of ether oxygens (including phenoxy) is 2. The molecule has 0 radical (unpaired) electrons. The van der Waals surface area contributed by atoms with Gasteiger partial charge in [0.05, 0.1) is 4.83 Å². The minimum Gasteiger partial charge on any atom is -0.463 e. The van der Waals surface area contributed by atoms with Crippen LogP contribution in [-0.2, 0) is 23.9 Å². The van der Waals surface area contributed by atoms with Gasteiger partial charge in [0.1, 0.15) is 12.2 Å². The van der Waals surface area contributed by atoms with E-state index in [0.717, 1.165) is 44.9 Å². The number of halogens is 1. The molecule has 0 spiro atoms. The molecule has 4 rings (SSSR count). The number of hydrogen-bond acceptors (Lipinski definition) is 5. The van der Waals surface area contributed by atoms with Crippen molar-refractivity contribution in [1.29, 1.82) is 0 Å². The highest BCUT2D eigenvalue weighted by Crippen LogP contribution is 2.68. The second-order valence-corrected chi connectivity index (χ2v) is 12.1. The lowest BCUT2D eigenvalue weighted by atomic mass is 9.44. The fourth-order valence-corrected chi connectivity index (χ4v) is 9.42. The summed E-state index contributed by atoms with van der Waals surface area (Å²) in [6.45, 7) is 9.53. The van der Waals surface area contributed by atoms with Gasteiger partial charge in [-0.2, -0.15) is 0 Å². The molecule has 0 N–H and O–H groups in total. The van der Waals surface area contributed by atoms with Gasteiger partial charge in [-0.3, -0.25) is 14.4 Å². The second kappa shape index (κ2) is 8.14. The van der Waals surface area contributed by atoms with E-state index in [-0.39, 0.29) is 51.6 Å². The van der Waals surface area contributed by atoms with Crippen molar-refractivity contribution in [1.82, 2.24) is 0 Å². The molecule has 5 nitrogen and oxygen atoms in total. The van der Waals surface area contributed by atoms with Gasteiger partial charge >= 0.3 is 11.9 Å². The van der Waals surface area contributed by atoms with Crippen LogP contribution < -0.4 is 0 Å². The first-order valence-corrected chi connectivity index (χ1v) is 12.9. The van der Waals surface area contributed by atoms with Crippen LogP contribution in [0.3, 0.4) is 0 Å². The third-order valence-electron chi connectivity index (χ3n) is 9.73. The molecule has 6 heteroatoms. The largest absolute Gasteiger partial charge is 0.463 e. The van der Waals surface area contributed by atoms with Crippen LogP contribution in [0.25, 0.3) is 0 Å². The zero-order valence-corrected chi connectivity index (χ0v) is 21.1. The molecular formula is C25H37BrO5. The van der Waals surface area contributed by atoms with Crippen LogP contribution >= 0.6 is 15.9 Å². The maximum Gasteiger partial charge on any atom is 0.302 e. The number of alkyl halides is 1. The van der Waals surface area contributed by atoms with Crippen molar-refractivity contribution >= 4 is 33.7 Å². The van der Waals surface area contributed by atoms with Gasteiger partial charge < -0.3 is 9.47 Å². The Balaban J connectivity index is 1.61. The van der Waals surface area contributed by atoms with E-state index in [1.54, 1.807) is 0 Å². The molecule has 0 bridgehead atoms. The molecule has 4 saturated carbocycles. The second-order valence-electron chi connectivity index (χ2n) is 11.2. The molecule has 0 saturated heterocycles. The molecule has 0 aromatic rings. The van der Waals surface area contributed by atoms with E-state index >= 15 is 0 Å². The van der Waals surface area contributed by atoms with E-state index in [1.165, 1.54) is 13.8 Å². The van der Waals surface area contributed by atoms with Crippen molar-refractivity contribution in [3.05, 3.63) is 0 Å². The normalized spacial score (nSPS) is 47.5. The van der Waals surface area contributed by atoms with Crippen LogP contribution in [0.15, 0.2) is 0 Å². The summed E-state index contributed by atoms with van der Waals surface area (Å²) in [5.74, 6) is 1.45. The number of ketones is 1. The predicted octanol–water partition coefficient (Wildman–Crippen LogP) is 5.08. The molecule has 0 amide bonds. The third-order valence-corrected chi connectivity index (χ3v) is 11.2. The fraction of sp³-hybridized carbons (Fsp3) is 0.880. The number of hydrogen-bond donors (Lipinski definition) is 0. The minimum absolute atomic E-state index is 0.00343. The average molecular weight is 497 g/mol. The van der Waals surface area contributed by atoms with Gasteiger partial charge in [0, 0.05) is 25.7 Å². The minimum atomic E-state index is -0.247. The van der Waals surface area contributed by atoms with Crippen molar-refractivity contribution in [3.63, 3.8) is 0 Å². The highest BCUT2D eigenvalue weighted by Gasteiger charge is 2.67. The quantitative estimate of drug-likeness (QED) is 0.402. The first-order valence-electron chi connectivity index (χ1n) is 12.0. The van der Waals surface area contributed by atoms with Crippen LogP contribution in [0.4, 0.5) is 0 Å². The Morgan fingerprint density at radius 1 is 1.06 bits per heavy atom. The highest BCUT2D eigenvalue weighted by molar-refractivity contribution is 9.10. The number of carbonyl (C=O) groups excluding carboxylic acids is 3. The average Bonchev–Trinajstić information content (AvgIpc) is 3.03. The van der Waals surface area contributed by atoms with Gasteiger partial charge in [-0.25, -0.2) is 0 Å². The number of fused-ring (bicyclic) bond motifs is 5. The van der Waals surface area contributed by atoms with Gasteiger partial charge in [-0.15, -0.1) is 0 Å². The van der Waals surface area contributed by atoms with Crippen molar-refractivity contribution in [2.24, 2.45) is 40.4 Å². The standard InChI is InChI=1S/C25H37BrO5/c1-13(30-14(2)27)19-8-9-20-18-7-6-16-12-17(31-15(3)28)10-11-24(16,4)21(18)22(29)23(26)25(19,20)5/h13,16-21,23H,6-12H2,1-5H3/t13-,16-,17-,18-,19+,20-,21+,23-,24-,25+/m0/s1. The van der Waals surface area contributed by atoms with Gasteiger partial charge in [0.15, 0.2) is 5.78 Å². The Hall–Kier alpha value is -0.910. The molecule has 0 heterocycles. The van der Waals surface area contributed by atoms with Gasteiger partial charge in [0.25, 0.3) is 0 Å². The molecule has 4 aliphatic carbocycles. The van der Waals surface area contributed by atoms with Crippen LogP contribution in [0.2, 0.25) is 0 Å². The van der Waals surface area contributed by atoms with Crippen molar-refractivity contribution in [2.75, 3.05) is 0 Å². The predicted molar refractivity (Wildman–Crippen MR) is 120 cm³/mol. The van der Waals surface area contributed by atoms with E-state index in [9.17, 15) is 14.4 Å². The number of esters is 2. The fourth-order valence-electron chi connectivity index (χ4n) is 8.45. The van der Waals surface area contributed by atoms with E-state index in [0.29, 0.717) is 23.5 Å². The van der Waals surface area contributed by atoms with Crippen LogP contribution in [0.5, 0.6) is 0 Å². The molecule has 0 unspecified atom stereocenters. The zero-order chi connectivity index (χ0) is 22.7. The van der Waals surface area contributed by atoms with E-state index in [4.69, 9.17) is 9.47 Å². The Labute approximate surface area is 194 Å². The van der Waals surface area contributed by atoms with Crippen LogP contribution in [0, 0.1) is 40.4 Å². The Morgan fingerprint density at radius 2 is 1.77 bits per heavy atom. The molecule has 0 aromatic heterocycles. The smallest absolute Gasteiger partial charge is 0.302 e. The summed E-state index contributed by atoms with van der Waals surface area (Å²) in [6.07, 6.45) is 6.77. The van der Waals surface area contributed by atoms with Gasteiger partial charge in [-0.1, -0.05) is 29.8 Å². The molecule has 4 aliphatic rings. The van der Waals surface area contributed by atoms with Crippen molar-refractivity contribution in [2.45, 2.75) is 96.6 Å². The van der Waals surface area contributed by atoms with Gasteiger partial charge in [0.2, 0.25) is 0 Å². The SMILES string of the molecule is CC(=O)O[C@H]1CC[C@@]2(C)[C@@H](CC[C@@H]3[C@@H]2C(=O)[C@H](Br)[C@]2(C)[C@@H]([C@H](C)OC(C)=O)CC[C@@H]32)C1. The first kappa shape index (κ1) is 23.3. The van der Waals surface area contributed by atoms with Crippen LogP contribution in [0.1, 0.15) is 79.6 Å². The topological polar surface area (TPSA) is 69.7 Å². The van der Waals surface area contributed by atoms with Gasteiger partial charge in [-0.05, 0) is 80.5 Å². The molecule has 0 aliphatic heterocycles. The lowest BCUT2D eigenvalue weighted by molar-refractivity contribution is -0.170.